The molecule has 0 unspecified atom stereocenters. The number of carbonyl (C=O) groups is 1. The van der Waals surface area contributed by atoms with Crippen LogP contribution in [0.5, 0.6) is 5.75 Å². The van der Waals surface area contributed by atoms with E-state index in [1.54, 1.807) is 0 Å². The second-order valence-electron chi connectivity index (χ2n) is 2.45. The van der Waals surface area contributed by atoms with E-state index in [-0.39, 0.29) is 22.9 Å². The maximum atomic E-state index is 13.0. The maximum Gasteiger partial charge on any atom is 0.182 e. The van der Waals surface area contributed by atoms with Gasteiger partial charge in [-0.25, -0.2) is 4.39 Å². The lowest BCUT2D eigenvalue weighted by atomic mass is 10.1. The number of anilines is 1. The molecule has 70 valence electrons. The van der Waals surface area contributed by atoms with Crippen molar-refractivity contribution in [3.63, 3.8) is 0 Å². The van der Waals surface area contributed by atoms with Gasteiger partial charge in [0.05, 0.1) is 11.4 Å². The Morgan fingerprint density at radius 2 is 2.23 bits per heavy atom. The average Bonchev–Trinajstić information content (AvgIpc) is 2.02. The van der Waals surface area contributed by atoms with E-state index in [4.69, 9.17) is 22.4 Å². The minimum absolute atomic E-state index is 0.108. The van der Waals surface area contributed by atoms with Gasteiger partial charge in [-0.2, -0.15) is 0 Å². The molecule has 0 amide bonds. The van der Waals surface area contributed by atoms with Crippen LogP contribution in [0, 0.1) is 5.82 Å². The van der Waals surface area contributed by atoms with Crippen LogP contribution in [0.25, 0.3) is 0 Å². The highest BCUT2D eigenvalue weighted by atomic mass is 35.5. The number of rotatable bonds is 2. The Hall–Kier alpha value is -1.29. The molecular weight excluding hydrogens is 197 g/mol. The molecule has 1 aromatic rings. The van der Waals surface area contributed by atoms with Crippen LogP contribution in [-0.2, 0) is 0 Å². The predicted molar refractivity (Wildman–Crippen MR) is 47.5 cm³/mol. The Kier molecular flexibility index (Phi) is 2.72. The van der Waals surface area contributed by atoms with Gasteiger partial charge in [0.25, 0.3) is 0 Å². The van der Waals surface area contributed by atoms with Crippen LogP contribution in [0.4, 0.5) is 10.1 Å². The van der Waals surface area contributed by atoms with Crippen molar-refractivity contribution in [2.75, 3.05) is 11.6 Å². The van der Waals surface area contributed by atoms with E-state index < -0.39 is 11.6 Å². The molecule has 3 N–H and O–H groups in total. The number of hydrogen-bond donors (Lipinski definition) is 2. The second kappa shape index (κ2) is 3.62. The van der Waals surface area contributed by atoms with Gasteiger partial charge in [0, 0.05) is 17.8 Å². The number of Topliss-reactive ketones (excluding diaryl/α,β-unsaturated/α-hetero) is 1. The zero-order valence-electron chi connectivity index (χ0n) is 6.55. The predicted octanol–water partition coefficient (Wildman–Crippen LogP) is 1.53. The van der Waals surface area contributed by atoms with Gasteiger partial charge in [-0.3, -0.25) is 4.79 Å². The molecule has 0 aliphatic carbocycles. The van der Waals surface area contributed by atoms with Crippen LogP contribution in [0.3, 0.4) is 0 Å². The smallest absolute Gasteiger partial charge is 0.182 e. The molecule has 0 aromatic heterocycles. The van der Waals surface area contributed by atoms with Crippen molar-refractivity contribution in [2.24, 2.45) is 0 Å². The Balaban J connectivity index is 3.28. The quantitative estimate of drug-likeness (QED) is 0.435. The normalized spacial score (nSPS) is 10.0. The summed E-state index contributed by atoms with van der Waals surface area (Å²) in [6, 6.07) is 1.92. The first-order chi connectivity index (χ1) is 6.06. The highest BCUT2D eigenvalue weighted by molar-refractivity contribution is 6.31. The second-order valence-corrected chi connectivity index (χ2v) is 2.72. The van der Waals surface area contributed by atoms with E-state index in [1.165, 1.54) is 0 Å². The largest absolute Gasteiger partial charge is 0.508 e. The summed E-state index contributed by atoms with van der Waals surface area (Å²) in [6.07, 6.45) is 0. The summed E-state index contributed by atoms with van der Waals surface area (Å²) in [5.41, 5.74) is 4.94. The Morgan fingerprint density at radius 3 is 2.69 bits per heavy atom. The van der Waals surface area contributed by atoms with Crippen molar-refractivity contribution in [1.82, 2.24) is 0 Å². The molecular formula is C8H7ClFNO2. The summed E-state index contributed by atoms with van der Waals surface area (Å²) in [6.45, 7) is 0. The van der Waals surface area contributed by atoms with Crippen LogP contribution in [0.1, 0.15) is 10.4 Å². The number of nitrogens with two attached hydrogens (primary N) is 1. The standard InChI is InChI=1S/C8H7ClFNO2/c9-3-7(13)8-5(10)1-4(12)2-6(8)11/h1-2,12H,3,11H2. The van der Waals surface area contributed by atoms with Crippen molar-refractivity contribution in [3.8, 4) is 5.75 Å². The SMILES string of the molecule is Nc1cc(O)cc(F)c1C(=O)CCl. The maximum absolute atomic E-state index is 13.0. The molecule has 1 rings (SSSR count). The van der Waals surface area contributed by atoms with E-state index in [0.29, 0.717) is 0 Å². The third kappa shape index (κ3) is 1.89. The molecule has 1 aromatic carbocycles. The Labute approximate surface area is 78.9 Å². The van der Waals surface area contributed by atoms with Gasteiger partial charge in [0.1, 0.15) is 11.6 Å². The molecule has 0 heterocycles. The van der Waals surface area contributed by atoms with Gasteiger partial charge >= 0.3 is 0 Å². The first-order valence-electron chi connectivity index (χ1n) is 3.43. The van der Waals surface area contributed by atoms with E-state index in [9.17, 15) is 9.18 Å². The van der Waals surface area contributed by atoms with Gasteiger partial charge in [-0.15, -0.1) is 11.6 Å². The zero-order chi connectivity index (χ0) is 10.0. The number of ketones is 1. The molecule has 0 saturated heterocycles. The van der Waals surface area contributed by atoms with Crippen LogP contribution in [-0.4, -0.2) is 16.8 Å². The first-order valence-corrected chi connectivity index (χ1v) is 3.97. The first kappa shape index (κ1) is 9.80. The van der Waals surface area contributed by atoms with Crippen molar-refractivity contribution in [3.05, 3.63) is 23.5 Å². The van der Waals surface area contributed by atoms with Gasteiger partial charge in [-0.05, 0) is 0 Å². The summed E-state index contributed by atoms with van der Waals surface area (Å²) >= 11 is 5.24. The van der Waals surface area contributed by atoms with Gasteiger partial charge in [0.2, 0.25) is 0 Å². The van der Waals surface area contributed by atoms with Gasteiger partial charge < -0.3 is 10.8 Å². The van der Waals surface area contributed by atoms with Crippen LogP contribution in [0.2, 0.25) is 0 Å². The summed E-state index contributed by atoms with van der Waals surface area (Å²) in [4.78, 5) is 11.0. The van der Waals surface area contributed by atoms with Crippen LogP contribution >= 0.6 is 11.6 Å². The van der Waals surface area contributed by atoms with Crippen LogP contribution < -0.4 is 5.73 Å². The molecule has 0 saturated carbocycles. The Bertz CT molecular complexity index is 331. The number of phenolic OH excluding ortho intramolecular Hbond substituents is 1. The van der Waals surface area contributed by atoms with E-state index in [0.717, 1.165) is 12.1 Å². The van der Waals surface area contributed by atoms with Crippen molar-refractivity contribution in [1.29, 1.82) is 0 Å². The molecule has 13 heavy (non-hydrogen) atoms. The number of halogens is 2. The van der Waals surface area contributed by atoms with E-state index in [1.807, 2.05) is 0 Å². The number of hydrogen-bond acceptors (Lipinski definition) is 3. The number of nitrogen functional groups attached to an aromatic ring is 1. The fourth-order valence-corrected chi connectivity index (χ4v) is 1.11. The molecule has 0 atom stereocenters. The summed E-state index contributed by atoms with van der Waals surface area (Å²) in [7, 11) is 0. The molecule has 0 spiro atoms. The van der Waals surface area contributed by atoms with Gasteiger partial charge in [-0.1, -0.05) is 0 Å². The fourth-order valence-electron chi connectivity index (χ4n) is 0.974. The number of alkyl halides is 1. The zero-order valence-corrected chi connectivity index (χ0v) is 7.31. The third-order valence-corrected chi connectivity index (χ3v) is 1.75. The summed E-state index contributed by atoms with van der Waals surface area (Å²) in [5.74, 6) is -2.12. The molecule has 0 aliphatic rings. The van der Waals surface area contributed by atoms with Gasteiger partial charge in [0.15, 0.2) is 5.78 Å². The topological polar surface area (TPSA) is 63.3 Å². The monoisotopic (exact) mass is 203 g/mol. The van der Waals surface area contributed by atoms with Crippen molar-refractivity contribution in [2.45, 2.75) is 0 Å². The van der Waals surface area contributed by atoms with E-state index >= 15 is 0 Å². The van der Waals surface area contributed by atoms with Crippen LogP contribution in [0.15, 0.2) is 12.1 Å². The minimum atomic E-state index is -0.858. The summed E-state index contributed by atoms with van der Waals surface area (Å²) < 4.78 is 13.0. The minimum Gasteiger partial charge on any atom is -0.508 e. The average molecular weight is 204 g/mol. The third-order valence-electron chi connectivity index (χ3n) is 1.51. The number of benzene rings is 1. The van der Waals surface area contributed by atoms with Crippen molar-refractivity contribution >= 4 is 23.1 Å². The van der Waals surface area contributed by atoms with E-state index in [2.05, 4.69) is 0 Å². The lowest BCUT2D eigenvalue weighted by Gasteiger charge is -2.04. The Morgan fingerprint density at radius 1 is 1.62 bits per heavy atom. The molecule has 0 aliphatic heterocycles. The molecule has 0 radical (unpaired) electrons. The molecule has 0 bridgehead atoms. The molecule has 0 fully saturated rings. The molecule has 3 nitrogen and oxygen atoms in total. The fraction of sp³-hybridized carbons (Fsp3) is 0.125. The number of carbonyl (C=O) groups excluding carboxylic acids is 1. The van der Waals surface area contributed by atoms with Crippen molar-refractivity contribution < 1.29 is 14.3 Å². The lowest BCUT2D eigenvalue weighted by Crippen LogP contribution is -2.07. The summed E-state index contributed by atoms with van der Waals surface area (Å²) in [5, 5.41) is 8.91. The lowest BCUT2D eigenvalue weighted by molar-refractivity contribution is 0.101. The molecule has 5 heteroatoms. The highest BCUT2D eigenvalue weighted by Crippen LogP contribution is 2.23. The number of phenols is 1. The highest BCUT2D eigenvalue weighted by Gasteiger charge is 2.15. The number of aromatic hydroxyl groups is 1.